The molecule has 0 aliphatic rings. The Balaban J connectivity index is 2.71. The maximum absolute atomic E-state index is 10.8. The van der Waals surface area contributed by atoms with Crippen molar-refractivity contribution in [2.24, 2.45) is 0 Å². The molecule has 0 N–H and O–H groups in total. The van der Waals surface area contributed by atoms with Crippen LogP contribution >= 0.6 is 0 Å². The summed E-state index contributed by atoms with van der Waals surface area (Å²) >= 11 is 0. The third kappa shape index (κ3) is 0.792. The summed E-state index contributed by atoms with van der Waals surface area (Å²) < 4.78 is 18.7. The summed E-state index contributed by atoms with van der Waals surface area (Å²) in [6.07, 6.45) is 0. The molecule has 0 atom stereocenters. The van der Waals surface area contributed by atoms with E-state index >= 15 is 0 Å². The first kappa shape index (κ1) is 7.19. The van der Waals surface area contributed by atoms with Crippen LogP contribution in [0.5, 0.6) is 0 Å². The largest absolute Gasteiger partial charge is 0.519 e. The lowest BCUT2D eigenvalue weighted by Crippen LogP contribution is -1.85. The summed E-state index contributed by atoms with van der Waals surface area (Å²) in [5.74, 6) is -1.70. The second-order valence-corrected chi connectivity index (χ2v) is 2.63. The van der Waals surface area contributed by atoms with Crippen LogP contribution in [0.15, 0.2) is 39.4 Å². The van der Waals surface area contributed by atoms with Gasteiger partial charge in [-0.2, -0.15) is 0 Å². The molecule has 0 spiro atoms. The average molecular weight is 194 g/mol. The highest BCUT2D eigenvalue weighted by molar-refractivity contribution is 5.95. The van der Waals surface area contributed by atoms with Crippen LogP contribution in [0, 0.1) is 0 Å². The molecule has 6 nitrogen and oxygen atoms in total. The molecule has 0 radical (unpaired) electrons. The van der Waals surface area contributed by atoms with Crippen LogP contribution < -0.4 is 11.6 Å². The van der Waals surface area contributed by atoms with Gasteiger partial charge in [0, 0.05) is 0 Å². The first-order chi connectivity index (χ1) is 6.74. The van der Waals surface area contributed by atoms with Gasteiger partial charge in [0.25, 0.3) is 0 Å². The maximum Gasteiger partial charge on any atom is 0.519 e. The summed E-state index contributed by atoms with van der Waals surface area (Å²) in [5.41, 5.74) is 0.593. The van der Waals surface area contributed by atoms with Crippen LogP contribution in [0.2, 0.25) is 0 Å². The van der Waals surface area contributed by atoms with E-state index in [1.165, 1.54) is 12.1 Å². The topological polar surface area (TPSA) is 86.7 Å². The number of rotatable bonds is 0. The average Bonchev–Trinajstić information content (AvgIpc) is 2.65. The lowest BCUT2D eigenvalue weighted by molar-refractivity contribution is 0.398. The molecular weight excluding hydrogens is 192 g/mol. The van der Waals surface area contributed by atoms with Gasteiger partial charge in [0.2, 0.25) is 11.2 Å². The molecule has 6 heteroatoms. The van der Waals surface area contributed by atoms with E-state index in [-0.39, 0.29) is 22.3 Å². The quantitative estimate of drug-likeness (QED) is 0.532. The molecule has 0 aliphatic carbocycles. The second kappa shape index (κ2) is 2.16. The van der Waals surface area contributed by atoms with E-state index in [0.29, 0.717) is 0 Å². The molecular formula is C8H2O6. The van der Waals surface area contributed by atoms with E-state index < -0.39 is 11.6 Å². The van der Waals surface area contributed by atoms with E-state index in [2.05, 4.69) is 17.7 Å². The Kier molecular flexibility index (Phi) is 1.11. The van der Waals surface area contributed by atoms with Crippen molar-refractivity contribution in [2.75, 3.05) is 0 Å². The van der Waals surface area contributed by atoms with E-state index in [0.717, 1.165) is 0 Å². The van der Waals surface area contributed by atoms with Crippen molar-refractivity contribution in [3.8, 4) is 0 Å². The molecule has 70 valence electrons. The van der Waals surface area contributed by atoms with E-state index in [9.17, 15) is 9.59 Å². The molecule has 2 aromatic heterocycles. The fraction of sp³-hybridized carbons (Fsp3) is 0. The van der Waals surface area contributed by atoms with Gasteiger partial charge >= 0.3 is 11.6 Å². The van der Waals surface area contributed by atoms with Gasteiger partial charge in [-0.05, 0) is 12.1 Å². The highest BCUT2D eigenvalue weighted by atomic mass is 16.6. The minimum absolute atomic E-state index is 0.0818. The van der Waals surface area contributed by atoms with Gasteiger partial charge in [-0.15, -0.1) is 0 Å². The van der Waals surface area contributed by atoms with Crippen LogP contribution in [0.1, 0.15) is 0 Å². The summed E-state index contributed by atoms with van der Waals surface area (Å²) in [6.45, 7) is 0. The standard InChI is InChI=1S/C8H2O6/c9-7-11-3-1-2-4-6(5(3)13-7)14-8(10)12-4/h1-2H. The first-order valence-electron chi connectivity index (χ1n) is 3.70. The molecule has 0 aliphatic heterocycles. The number of benzene rings is 1. The molecule has 3 rings (SSSR count). The molecule has 0 saturated heterocycles. The van der Waals surface area contributed by atoms with Crippen molar-refractivity contribution < 1.29 is 17.7 Å². The van der Waals surface area contributed by atoms with Gasteiger partial charge in [-0.25, -0.2) is 9.59 Å². The smallest absolute Gasteiger partial charge is 0.391 e. The van der Waals surface area contributed by atoms with Crippen LogP contribution in [-0.4, -0.2) is 0 Å². The van der Waals surface area contributed by atoms with Gasteiger partial charge in [0.15, 0.2) is 11.2 Å². The van der Waals surface area contributed by atoms with E-state index in [1.807, 2.05) is 0 Å². The van der Waals surface area contributed by atoms with Crippen molar-refractivity contribution in [2.45, 2.75) is 0 Å². The van der Waals surface area contributed by atoms with Crippen LogP contribution in [-0.2, 0) is 0 Å². The molecule has 0 saturated carbocycles. The fourth-order valence-electron chi connectivity index (χ4n) is 1.27. The normalized spacial score (nSPS) is 11.4. The van der Waals surface area contributed by atoms with Gasteiger partial charge in [-0.1, -0.05) is 0 Å². The lowest BCUT2D eigenvalue weighted by Gasteiger charge is -1.82. The molecule has 2 heterocycles. The number of hydrogen-bond acceptors (Lipinski definition) is 6. The van der Waals surface area contributed by atoms with Crippen LogP contribution in [0.3, 0.4) is 0 Å². The summed E-state index contributed by atoms with van der Waals surface area (Å²) in [6, 6.07) is 2.92. The van der Waals surface area contributed by atoms with E-state index in [4.69, 9.17) is 0 Å². The summed E-state index contributed by atoms with van der Waals surface area (Å²) in [4.78, 5) is 21.5. The van der Waals surface area contributed by atoms with Crippen molar-refractivity contribution >= 4 is 22.3 Å². The third-order valence-electron chi connectivity index (χ3n) is 1.80. The Hall–Kier alpha value is -2.24. The molecule has 0 fully saturated rings. The SMILES string of the molecule is O=c1oc2ccc3oc(=O)oc3c2o1. The first-order valence-corrected chi connectivity index (χ1v) is 3.70. The van der Waals surface area contributed by atoms with Gasteiger partial charge < -0.3 is 17.7 Å². The molecule has 3 aromatic rings. The predicted molar refractivity (Wildman–Crippen MR) is 43.1 cm³/mol. The third-order valence-corrected chi connectivity index (χ3v) is 1.80. The van der Waals surface area contributed by atoms with Crippen molar-refractivity contribution in [1.29, 1.82) is 0 Å². The van der Waals surface area contributed by atoms with E-state index in [1.54, 1.807) is 0 Å². The highest BCUT2D eigenvalue weighted by Gasteiger charge is 2.13. The number of fused-ring (bicyclic) bond motifs is 3. The van der Waals surface area contributed by atoms with Crippen LogP contribution in [0.4, 0.5) is 0 Å². The zero-order valence-corrected chi connectivity index (χ0v) is 6.60. The zero-order chi connectivity index (χ0) is 9.71. The van der Waals surface area contributed by atoms with Gasteiger partial charge in [-0.3, -0.25) is 0 Å². The Morgan fingerprint density at radius 2 is 1.14 bits per heavy atom. The Labute approximate surface area is 74.3 Å². The molecule has 0 unspecified atom stereocenters. The number of hydrogen-bond donors (Lipinski definition) is 0. The minimum Gasteiger partial charge on any atom is -0.391 e. The summed E-state index contributed by atoms with van der Waals surface area (Å²) in [7, 11) is 0. The zero-order valence-electron chi connectivity index (χ0n) is 6.60. The molecule has 0 bridgehead atoms. The predicted octanol–water partition coefficient (Wildman–Crippen LogP) is 1.09. The Morgan fingerprint density at radius 1 is 0.714 bits per heavy atom. The lowest BCUT2D eigenvalue weighted by atomic mass is 10.3. The van der Waals surface area contributed by atoms with Crippen molar-refractivity contribution in [3.05, 3.63) is 33.4 Å². The monoisotopic (exact) mass is 194 g/mol. The van der Waals surface area contributed by atoms with Crippen molar-refractivity contribution in [3.63, 3.8) is 0 Å². The molecule has 1 aromatic carbocycles. The van der Waals surface area contributed by atoms with Gasteiger partial charge in [0.05, 0.1) is 0 Å². The highest BCUT2D eigenvalue weighted by Crippen LogP contribution is 2.23. The molecule has 0 amide bonds. The molecule has 14 heavy (non-hydrogen) atoms. The summed E-state index contributed by atoms with van der Waals surface area (Å²) in [5, 5.41) is 0. The van der Waals surface area contributed by atoms with Crippen LogP contribution in [0.25, 0.3) is 22.3 Å². The Morgan fingerprint density at radius 3 is 1.57 bits per heavy atom. The minimum atomic E-state index is -0.851. The van der Waals surface area contributed by atoms with Crippen molar-refractivity contribution in [1.82, 2.24) is 0 Å². The second-order valence-electron chi connectivity index (χ2n) is 2.63. The maximum atomic E-state index is 10.8. The Bertz CT molecular complexity index is 658. The van der Waals surface area contributed by atoms with Gasteiger partial charge in [0.1, 0.15) is 0 Å². The fourth-order valence-corrected chi connectivity index (χ4v) is 1.27.